The smallest absolute Gasteiger partial charge is 0.151 e. The zero-order chi connectivity index (χ0) is 24.1. The van der Waals surface area contributed by atoms with Crippen molar-refractivity contribution in [3.05, 3.63) is 47.2 Å². The van der Waals surface area contributed by atoms with Crippen molar-refractivity contribution in [2.75, 3.05) is 5.32 Å². The number of nitriles is 1. The molecule has 35 heavy (non-hydrogen) atoms. The van der Waals surface area contributed by atoms with Gasteiger partial charge in [0.1, 0.15) is 11.1 Å². The molecule has 2 saturated carbocycles. The monoisotopic (exact) mass is 485 g/mol. The number of nitrogens with zero attached hydrogens (tertiary/aromatic N) is 6. The lowest BCUT2D eigenvalue weighted by atomic mass is 9.79. The first-order valence-corrected chi connectivity index (χ1v) is 13.0. The predicted molar refractivity (Wildman–Crippen MR) is 135 cm³/mol. The molecule has 0 aliphatic heterocycles. The summed E-state index contributed by atoms with van der Waals surface area (Å²) in [5.41, 5.74) is 4.92. The SMILES string of the molecule is CC(C)Nc1cc(-c2ccc3cc(C#N)cnn23)ncc1-c1nnc(C2CC3CCC(C2)C3O)s1. The zero-order valence-electron chi connectivity index (χ0n) is 19.7. The Kier molecular flexibility index (Phi) is 5.50. The van der Waals surface area contributed by atoms with Crippen LogP contribution in [0.3, 0.4) is 0 Å². The maximum atomic E-state index is 10.4. The van der Waals surface area contributed by atoms with E-state index in [0.29, 0.717) is 23.3 Å². The summed E-state index contributed by atoms with van der Waals surface area (Å²) in [7, 11) is 0. The molecule has 0 saturated heterocycles. The minimum Gasteiger partial charge on any atom is -0.393 e. The largest absolute Gasteiger partial charge is 0.393 e. The molecule has 2 fully saturated rings. The predicted octanol–water partition coefficient (Wildman–Crippen LogP) is 4.87. The maximum Gasteiger partial charge on any atom is 0.151 e. The Morgan fingerprint density at radius 3 is 2.69 bits per heavy atom. The summed E-state index contributed by atoms with van der Waals surface area (Å²) in [6.45, 7) is 4.21. The lowest BCUT2D eigenvalue weighted by Gasteiger charge is -2.30. The standard InChI is InChI=1S/C26H27N7OS/c1-14(2)30-21-10-22(23-6-5-19-7-15(11-27)12-29-33(19)23)28-13-20(21)26-32-31-25(35-26)18-8-16-3-4-17(9-18)24(16)34/h5-7,10,12-14,16-18,24,34H,3-4,8-9H2,1-2H3,(H,28,30). The molecule has 2 aliphatic carbocycles. The molecular weight excluding hydrogens is 458 g/mol. The van der Waals surface area contributed by atoms with E-state index >= 15 is 0 Å². The minimum atomic E-state index is -0.136. The fourth-order valence-electron chi connectivity index (χ4n) is 5.66. The molecule has 8 nitrogen and oxygen atoms in total. The Bertz CT molecular complexity index is 1420. The normalized spacial score (nSPS) is 23.6. The fourth-order valence-corrected chi connectivity index (χ4v) is 6.65. The Morgan fingerprint density at radius 1 is 1.14 bits per heavy atom. The van der Waals surface area contributed by atoms with Crippen LogP contribution in [0.2, 0.25) is 0 Å². The zero-order valence-corrected chi connectivity index (χ0v) is 20.5. The number of hydrogen-bond donors (Lipinski definition) is 2. The molecule has 9 heteroatoms. The number of rotatable bonds is 5. The topological polar surface area (TPSA) is 112 Å². The lowest BCUT2D eigenvalue weighted by molar-refractivity contribution is 0.0521. The van der Waals surface area contributed by atoms with Gasteiger partial charge in [-0.25, -0.2) is 4.52 Å². The first-order valence-electron chi connectivity index (χ1n) is 12.2. The van der Waals surface area contributed by atoms with Crippen molar-refractivity contribution in [1.29, 1.82) is 5.26 Å². The molecule has 2 unspecified atom stereocenters. The summed E-state index contributed by atoms with van der Waals surface area (Å²) >= 11 is 1.64. The summed E-state index contributed by atoms with van der Waals surface area (Å²) in [6, 6.07) is 10.1. The summed E-state index contributed by atoms with van der Waals surface area (Å²) in [5, 5.41) is 38.6. The van der Waals surface area contributed by atoms with Crippen LogP contribution in [0, 0.1) is 23.2 Å². The molecule has 4 aromatic rings. The van der Waals surface area contributed by atoms with Crippen LogP contribution in [-0.4, -0.2) is 42.0 Å². The third-order valence-electron chi connectivity index (χ3n) is 7.31. The second kappa shape index (κ2) is 8.70. The van der Waals surface area contributed by atoms with Crippen molar-refractivity contribution in [1.82, 2.24) is 24.8 Å². The Morgan fingerprint density at radius 2 is 1.94 bits per heavy atom. The van der Waals surface area contributed by atoms with Crippen molar-refractivity contribution >= 4 is 22.5 Å². The third kappa shape index (κ3) is 3.97. The number of anilines is 1. The third-order valence-corrected chi connectivity index (χ3v) is 8.43. The Labute approximate surface area is 207 Å². The van der Waals surface area contributed by atoms with Gasteiger partial charge in [-0.2, -0.15) is 10.4 Å². The Hall–Kier alpha value is -3.35. The van der Waals surface area contributed by atoms with Gasteiger partial charge in [-0.3, -0.25) is 4.98 Å². The molecule has 0 aromatic carbocycles. The van der Waals surface area contributed by atoms with Gasteiger partial charge in [0.15, 0.2) is 5.01 Å². The van der Waals surface area contributed by atoms with Gasteiger partial charge in [-0.05, 0) is 75.6 Å². The highest BCUT2D eigenvalue weighted by molar-refractivity contribution is 7.14. The molecule has 0 spiro atoms. The molecule has 178 valence electrons. The number of nitrogens with one attached hydrogen (secondary N) is 1. The summed E-state index contributed by atoms with van der Waals surface area (Å²) in [5.74, 6) is 1.19. The van der Waals surface area contributed by atoms with Crippen LogP contribution in [0.1, 0.15) is 56.0 Å². The molecule has 2 aliphatic rings. The summed E-state index contributed by atoms with van der Waals surface area (Å²) < 4.78 is 1.80. The van der Waals surface area contributed by atoms with Gasteiger partial charge in [-0.15, -0.1) is 10.2 Å². The highest BCUT2D eigenvalue weighted by Gasteiger charge is 2.43. The van der Waals surface area contributed by atoms with E-state index in [1.807, 2.05) is 30.5 Å². The minimum absolute atomic E-state index is 0.136. The summed E-state index contributed by atoms with van der Waals surface area (Å²) in [4.78, 5) is 4.76. The van der Waals surface area contributed by atoms with E-state index in [4.69, 9.17) is 10.2 Å². The average molecular weight is 486 g/mol. The average Bonchev–Trinajstić information content (AvgIpc) is 3.54. The van der Waals surface area contributed by atoms with E-state index in [-0.39, 0.29) is 12.1 Å². The van der Waals surface area contributed by atoms with Gasteiger partial charge in [0, 0.05) is 23.8 Å². The van der Waals surface area contributed by atoms with E-state index in [1.165, 1.54) is 0 Å². The van der Waals surface area contributed by atoms with Crippen molar-refractivity contribution in [2.45, 2.75) is 57.6 Å². The van der Waals surface area contributed by atoms with Gasteiger partial charge >= 0.3 is 0 Å². The maximum absolute atomic E-state index is 10.4. The van der Waals surface area contributed by atoms with Crippen molar-refractivity contribution in [3.63, 3.8) is 0 Å². The summed E-state index contributed by atoms with van der Waals surface area (Å²) in [6.07, 6.45) is 7.55. The first kappa shape index (κ1) is 22.1. The molecule has 6 rings (SSSR count). The van der Waals surface area contributed by atoms with Gasteiger partial charge in [-0.1, -0.05) is 11.3 Å². The second-order valence-corrected chi connectivity index (χ2v) is 11.0. The van der Waals surface area contributed by atoms with Crippen LogP contribution in [-0.2, 0) is 0 Å². The van der Waals surface area contributed by atoms with Crippen LogP contribution in [0.25, 0.3) is 27.5 Å². The van der Waals surface area contributed by atoms with Crippen LogP contribution in [0.5, 0.6) is 0 Å². The molecule has 0 radical (unpaired) electrons. The number of fused-ring (bicyclic) bond motifs is 3. The van der Waals surface area contributed by atoms with E-state index in [2.05, 4.69) is 40.5 Å². The number of aliphatic hydroxyl groups is 1. The van der Waals surface area contributed by atoms with E-state index < -0.39 is 0 Å². The molecule has 0 amide bonds. The van der Waals surface area contributed by atoms with Crippen molar-refractivity contribution in [3.8, 4) is 28.0 Å². The van der Waals surface area contributed by atoms with E-state index in [1.54, 1.807) is 22.0 Å². The van der Waals surface area contributed by atoms with Crippen LogP contribution in [0.4, 0.5) is 5.69 Å². The number of aromatic nitrogens is 5. The molecule has 2 atom stereocenters. The second-order valence-electron chi connectivity index (χ2n) is 10.0. The highest BCUT2D eigenvalue weighted by atomic mass is 32.1. The molecule has 2 N–H and O–H groups in total. The number of pyridine rings is 1. The van der Waals surface area contributed by atoms with Gasteiger partial charge in [0.25, 0.3) is 0 Å². The van der Waals surface area contributed by atoms with E-state index in [9.17, 15) is 5.11 Å². The van der Waals surface area contributed by atoms with Crippen LogP contribution in [0.15, 0.2) is 36.7 Å². The van der Waals surface area contributed by atoms with Crippen LogP contribution < -0.4 is 5.32 Å². The van der Waals surface area contributed by atoms with Gasteiger partial charge in [0.05, 0.1) is 40.3 Å². The molecule has 2 bridgehead atoms. The fraction of sp³-hybridized carbons (Fsp3) is 0.423. The molecular formula is C26H27N7OS. The Balaban J connectivity index is 1.34. The van der Waals surface area contributed by atoms with E-state index in [0.717, 1.165) is 63.9 Å². The first-order chi connectivity index (χ1) is 17.0. The van der Waals surface area contributed by atoms with Crippen LogP contribution >= 0.6 is 11.3 Å². The van der Waals surface area contributed by atoms with Gasteiger partial charge in [0.2, 0.25) is 0 Å². The van der Waals surface area contributed by atoms with Crippen molar-refractivity contribution < 1.29 is 5.11 Å². The van der Waals surface area contributed by atoms with Crippen molar-refractivity contribution in [2.24, 2.45) is 11.8 Å². The quantitative estimate of drug-likeness (QED) is 0.415. The molecule has 4 heterocycles. The lowest BCUT2D eigenvalue weighted by Crippen LogP contribution is -2.29. The number of aliphatic hydroxyl groups excluding tert-OH is 1. The molecule has 4 aromatic heterocycles. The number of hydrogen-bond acceptors (Lipinski definition) is 8. The van der Waals surface area contributed by atoms with Gasteiger partial charge < -0.3 is 10.4 Å². The highest BCUT2D eigenvalue weighted by Crippen LogP contribution is 2.49.